The molecular formula is C14H25N3O2. The van der Waals surface area contributed by atoms with Gasteiger partial charge in [-0.2, -0.15) is 4.98 Å². The molecule has 0 saturated heterocycles. The van der Waals surface area contributed by atoms with Gasteiger partial charge in [-0.05, 0) is 37.0 Å². The molecule has 19 heavy (non-hydrogen) atoms. The molecule has 0 radical (unpaired) electrons. The summed E-state index contributed by atoms with van der Waals surface area (Å²) in [6.45, 7) is 6.76. The van der Waals surface area contributed by atoms with E-state index in [-0.39, 0.29) is 6.61 Å². The summed E-state index contributed by atoms with van der Waals surface area (Å²) in [7, 11) is 0. The van der Waals surface area contributed by atoms with E-state index in [9.17, 15) is 0 Å². The summed E-state index contributed by atoms with van der Waals surface area (Å²) in [6.07, 6.45) is 4.64. The minimum Gasteiger partial charge on any atom is -0.394 e. The molecule has 0 bridgehead atoms. The Kier molecular flexibility index (Phi) is 4.26. The van der Waals surface area contributed by atoms with Crippen molar-refractivity contribution < 1.29 is 9.63 Å². The van der Waals surface area contributed by atoms with Gasteiger partial charge in [0, 0.05) is 5.92 Å². The van der Waals surface area contributed by atoms with Gasteiger partial charge in [0.15, 0.2) is 5.82 Å². The molecule has 3 N–H and O–H groups in total. The highest BCUT2D eigenvalue weighted by Gasteiger charge is 2.32. The number of aliphatic hydroxyl groups excluding tert-OH is 1. The molecule has 0 aliphatic heterocycles. The average molecular weight is 267 g/mol. The first-order valence-electron chi connectivity index (χ1n) is 7.11. The number of hydrogen-bond donors (Lipinski definition) is 2. The zero-order valence-corrected chi connectivity index (χ0v) is 12.1. The fourth-order valence-electron chi connectivity index (χ4n) is 2.86. The molecular weight excluding hydrogens is 242 g/mol. The highest BCUT2D eigenvalue weighted by molar-refractivity contribution is 5.00. The van der Waals surface area contributed by atoms with E-state index >= 15 is 0 Å². The SMILES string of the molecule is CC(C)(C)C1CCC(c2noc([C@H](N)CO)n2)CC1. The summed E-state index contributed by atoms with van der Waals surface area (Å²) in [5.41, 5.74) is 6.05. The van der Waals surface area contributed by atoms with Crippen LogP contribution in [0.2, 0.25) is 0 Å². The molecule has 1 atom stereocenters. The Bertz CT molecular complexity index is 403. The van der Waals surface area contributed by atoms with Crippen molar-refractivity contribution in [1.82, 2.24) is 10.1 Å². The molecule has 5 heteroatoms. The number of aliphatic hydroxyl groups is 1. The topological polar surface area (TPSA) is 85.2 Å². The van der Waals surface area contributed by atoms with E-state index in [1.54, 1.807) is 0 Å². The van der Waals surface area contributed by atoms with Crippen molar-refractivity contribution in [3.63, 3.8) is 0 Å². The standard InChI is InChI=1S/C14H25N3O2/c1-14(2,3)10-6-4-9(5-7-10)12-16-13(19-17-12)11(15)8-18/h9-11,18H,4-8,15H2,1-3H3/t9?,10?,11-/m1/s1. The summed E-state index contributed by atoms with van der Waals surface area (Å²) in [6, 6.07) is -0.563. The van der Waals surface area contributed by atoms with Crippen LogP contribution in [0.3, 0.4) is 0 Å². The van der Waals surface area contributed by atoms with E-state index in [1.165, 1.54) is 12.8 Å². The maximum absolute atomic E-state index is 8.98. The molecule has 0 aromatic carbocycles. The zero-order valence-electron chi connectivity index (χ0n) is 12.1. The summed E-state index contributed by atoms with van der Waals surface area (Å²) in [4.78, 5) is 4.33. The molecule has 1 aromatic heterocycles. The van der Waals surface area contributed by atoms with E-state index < -0.39 is 6.04 Å². The van der Waals surface area contributed by atoms with Gasteiger partial charge in [-0.1, -0.05) is 25.9 Å². The Hall–Kier alpha value is -0.940. The number of nitrogens with zero attached hydrogens (tertiary/aromatic N) is 2. The van der Waals surface area contributed by atoms with Crippen LogP contribution in [0.15, 0.2) is 4.52 Å². The second-order valence-corrected chi connectivity index (χ2v) is 6.69. The van der Waals surface area contributed by atoms with E-state index in [0.29, 0.717) is 17.2 Å². The van der Waals surface area contributed by atoms with E-state index in [1.807, 2.05) is 0 Å². The fourth-order valence-corrected chi connectivity index (χ4v) is 2.86. The van der Waals surface area contributed by atoms with Gasteiger partial charge >= 0.3 is 0 Å². The van der Waals surface area contributed by atoms with E-state index in [0.717, 1.165) is 24.6 Å². The second-order valence-electron chi connectivity index (χ2n) is 6.69. The summed E-state index contributed by atoms with van der Waals surface area (Å²) >= 11 is 0. The quantitative estimate of drug-likeness (QED) is 0.878. The van der Waals surface area contributed by atoms with Gasteiger partial charge in [-0.25, -0.2) is 0 Å². The molecule has 1 heterocycles. The highest BCUT2D eigenvalue weighted by atomic mass is 16.5. The fraction of sp³-hybridized carbons (Fsp3) is 0.857. The van der Waals surface area contributed by atoms with Crippen molar-refractivity contribution in [3.8, 4) is 0 Å². The molecule has 0 amide bonds. The first-order valence-corrected chi connectivity index (χ1v) is 7.11. The number of nitrogens with two attached hydrogens (primary N) is 1. The van der Waals surface area contributed by atoms with E-state index in [2.05, 4.69) is 30.9 Å². The van der Waals surface area contributed by atoms with Crippen LogP contribution in [-0.4, -0.2) is 21.9 Å². The Morgan fingerprint density at radius 3 is 2.47 bits per heavy atom. The van der Waals surface area contributed by atoms with Crippen LogP contribution >= 0.6 is 0 Å². The maximum Gasteiger partial charge on any atom is 0.245 e. The lowest BCUT2D eigenvalue weighted by atomic mass is 9.70. The molecule has 2 rings (SSSR count). The van der Waals surface area contributed by atoms with Crippen LogP contribution in [-0.2, 0) is 0 Å². The van der Waals surface area contributed by atoms with Gasteiger partial charge in [0.05, 0.1) is 6.61 Å². The van der Waals surface area contributed by atoms with Crippen LogP contribution in [0.25, 0.3) is 0 Å². The number of hydrogen-bond acceptors (Lipinski definition) is 5. The molecule has 1 saturated carbocycles. The van der Waals surface area contributed by atoms with Crippen molar-refractivity contribution in [2.45, 2.75) is 58.4 Å². The van der Waals surface area contributed by atoms with Crippen LogP contribution in [0.5, 0.6) is 0 Å². The lowest BCUT2D eigenvalue weighted by molar-refractivity contribution is 0.166. The number of aromatic nitrogens is 2. The summed E-state index contributed by atoms with van der Waals surface area (Å²) < 4.78 is 5.12. The largest absolute Gasteiger partial charge is 0.394 e. The minimum absolute atomic E-state index is 0.168. The Balaban J connectivity index is 1.96. The summed E-state index contributed by atoms with van der Waals surface area (Å²) in [5, 5.41) is 13.0. The highest BCUT2D eigenvalue weighted by Crippen LogP contribution is 2.42. The minimum atomic E-state index is -0.563. The van der Waals surface area contributed by atoms with Gasteiger partial charge < -0.3 is 15.4 Å². The second kappa shape index (κ2) is 5.59. The lowest BCUT2D eigenvalue weighted by Gasteiger charge is -2.36. The third-order valence-corrected chi connectivity index (χ3v) is 4.29. The van der Waals surface area contributed by atoms with Crippen molar-refractivity contribution in [3.05, 3.63) is 11.7 Å². The maximum atomic E-state index is 8.98. The lowest BCUT2D eigenvalue weighted by Crippen LogP contribution is -2.25. The summed E-state index contributed by atoms with van der Waals surface area (Å²) in [5.74, 6) is 2.25. The normalized spacial score (nSPS) is 26.4. The smallest absolute Gasteiger partial charge is 0.245 e. The Labute approximate surface area is 114 Å². The molecule has 1 aliphatic rings. The van der Waals surface area contributed by atoms with Crippen LogP contribution in [0.1, 0.15) is 70.1 Å². The van der Waals surface area contributed by atoms with Crippen LogP contribution in [0, 0.1) is 11.3 Å². The molecule has 1 aliphatic carbocycles. The van der Waals surface area contributed by atoms with Crippen molar-refractivity contribution >= 4 is 0 Å². The van der Waals surface area contributed by atoms with Gasteiger partial charge in [-0.15, -0.1) is 0 Å². The van der Waals surface area contributed by atoms with Crippen LogP contribution in [0.4, 0.5) is 0 Å². The predicted molar refractivity (Wildman–Crippen MR) is 72.5 cm³/mol. The first-order chi connectivity index (χ1) is 8.91. The van der Waals surface area contributed by atoms with E-state index in [4.69, 9.17) is 15.4 Å². The van der Waals surface area contributed by atoms with Gasteiger partial charge in [0.1, 0.15) is 6.04 Å². The van der Waals surface area contributed by atoms with Crippen molar-refractivity contribution in [1.29, 1.82) is 0 Å². The van der Waals surface area contributed by atoms with Crippen LogP contribution < -0.4 is 5.73 Å². The Morgan fingerprint density at radius 2 is 1.95 bits per heavy atom. The monoisotopic (exact) mass is 267 g/mol. The Morgan fingerprint density at radius 1 is 1.32 bits per heavy atom. The van der Waals surface area contributed by atoms with Crippen molar-refractivity contribution in [2.75, 3.05) is 6.61 Å². The third-order valence-electron chi connectivity index (χ3n) is 4.29. The molecule has 108 valence electrons. The molecule has 0 spiro atoms. The van der Waals surface area contributed by atoms with Gasteiger partial charge in [0.2, 0.25) is 5.89 Å². The predicted octanol–water partition coefficient (Wildman–Crippen LogP) is 2.38. The number of rotatable bonds is 3. The average Bonchev–Trinajstić information content (AvgIpc) is 2.86. The molecule has 5 nitrogen and oxygen atoms in total. The van der Waals surface area contributed by atoms with Gasteiger partial charge in [-0.3, -0.25) is 0 Å². The first kappa shape index (κ1) is 14.5. The van der Waals surface area contributed by atoms with Crippen molar-refractivity contribution in [2.24, 2.45) is 17.1 Å². The molecule has 0 unspecified atom stereocenters. The zero-order chi connectivity index (χ0) is 14.0. The molecule has 1 fully saturated rings. The van der Waals surface area contributed by atoms with Gasteiger partial charge in [0.25, 0.3) is 0 Å². The third kappa shape index (κ3) is 3.34. The molecule has 1 aromatic rings.